The third-order valence-corrected chi connectivity index (χ3v) is 6.59. The monoisotopic (exact) mass is 472 g/mol. The first-order chi connectivity index (χ1) is 15.4. The van der Waals surface area contributed by atoms with Gasteiger partial charge in [-0.2, -0.15) is 0 Å². The first kappa shape index (κ1) is 22.1. The van der Waals surface area contributed by atoms with E-state index in [0.717, 1.165) is 12.1 Å². The van der Waals surface area contributed by atoms with Gasteiger partial charge in [0.2, 0.25) is 5.91 Å². The molecule has 2 heterocycles. The van der Waals surface area contributed by atoms with Crippen LogP contribution in [0.2, 0.25) is 0 Å². The number of hydrogen-bond acceptors (Lipinski definition) is 6. The van der Waals surface area contributed by atoms with E-state index in [1.807, 2.05) is 13.0 Å². The molecule has 2 aromatic carbocycles. The number of nitrogens with one attached hydrogen (secondary N) is 1. The van der Waals surface area contributed by atoms with Crippen LogP contribution in [0.3, 0.4) is 0 Å². The van der Waals surface area contributed by atoms with Crippen LogP contribution in [0.4, 0.5) is 13.9 Å². The minimum Gasteiger partial charge on any atom is -0.301 e. The van der Waals surface area contributed by atoms with Crippen molar-refractivity contribution in [1.29, 1.82) is 0 Å². The second kappa shape index (κ2) is 9.17. The highest BCUT2D eigenvalue weighted by atomic mass is 32.2. The molecule has 32 heavy (non-hydrogen) atoms. The van der Waals surface area contributed by atoms with Gasteiger partial charge >= 0.3 is 0 Å². The van der Waals surface area contributed by atoms with E-state index in [-0.39, 0.29) is 11.5 Å². The number of aromatic nitrogens is 3. The number of thioether (sulfide) groups is 1. The summed E-state index contributed by atoms with van der Waals surface area (Å²) in [5.41, 5.74) is 1.27. The van der Waals surface area contributed by atoms with Crippen molar-refractivity contribution < 1.29 is 13.6 Å². The van der Waals surface area contributed by atoms with Crippen molar-refractivity contribution in [2.75, 3.05) is 5.32 Å². The van der Waals surface area contributed by atoms with Crippen molar-refractivity contribution in [2.45, 2.75) is 30.8 Å². The van der Waals surface area contributed by atoms with Crippen LogP contribution in [-0.4, -0.2) is 25.7 Å². The third kappa shape index (κ3) is 4.42. The Morgan fingerprint density at radius 2 is 1.97 bits per heavy atom. The molecule has 0 bridgehead atoms. The van der Waals surface area contributed by atoms with Crippen molar-refractivity contribution in [3.63, 3.8) is 0 Å². The predicted molar refractivity (Wildman–Crippen MR) is 123 cm³/mol. The Hall–Kier alpha value is -3.11. The van der Waals surface area contributed by atoms with E-state index in [1.165, 1.54) is 29.2 Å². The number of thiazole rings is 1. The van der Waals surface area contributed by atoms with Gasteiger partial charge in [0, 0.05) is 17.5 Å². The topological polar surface area (TPSA) is 76.9 Å². The van der Waals surface area contributed by atoms with Gasteiger partial charge in [-0.3, -0.25) is 14.2 Å². The zero-order chi connectivity index (χ0) is 22.8. The van der Waals surface area contributed by atoms with Gasteiger partial charge in [0.1, 0.15) is 0 Å². The lowest BCUT2D eigenvalue weighted by molar-refractivity contribution is -0.115. The molecule has 0 fully saturated rings. The molecule has 1 N–H and O–H groups in total. The summed E-state index contributed by atoms with van der Waals surface area (Å²) >= 11 is 2.36. The van der Waals surface area contributed by atoms with E-state index in [2.05, 4.69) is 15.3 Å². The molecule has 164 valence electrons. The molecule has 0 radical (unpaired) electrons. The van der Waals surface area contributed by atoms with E-state index in [0.29, 0.717) is 39.0 Å². The van der Waals surface area contributed by atoms with Gasteiger partial charge in [-0.05, 0) is 44.2 Å². The summed E-state index contributed by atoms with van der Waals surface area (Å²) in [5.74, 6) is -2.21. The van der Waals surface area contributed by atoms with Crippen molar-refractivity contribution in [2.24, 2.45) is 0 Å². The van der Waals surface area contributed by atoms with Gasteiger partial charge in [-0.1, -0.05) is 23.9 Å². The van der Waals surface area contributed by atoms with Gasteiger partial charge in [-0.25, -0.2) is 18.7 Å². The highest BCUT2D eigenvalue weighted by Crippen LogP contribution is 2.28. The maximum Gasteiger partial charge on any atom is 0.262 e. The standard InChI is InChI=1S/C22H18F2N4O2S2/c1-3-28-20(30)14-6-4-5-7-17(14)26-22(28)32-12(2)19(29)27-21-25-18(11-31-21)13-8-9-15(23)16(24)10-13/h4-12H,3H2,1-2H3,(H,25,27,29). The van der Waals surface area contributed by atoms with Crippen LogP contribution in [0.15, 0.2) is 57.8 Å². The highest BCUT2D eigenvalue weighted by Gasteiger charge is 2.20. The molecule has 1 unspecified atom stereocenters. The largest absolute Gasteiger partial charge is 0.301 e. The molecule has 2 aromatic heterocycles. The highest BCUT2D eigenvalue weighted by molar-refractivity contribution is 8.00. The number of fused-ring (bicyclic) bond motifs is 1. The molecule has 0 saturated heterocycles. The number of nitrogens with zero attached hydrogens (tertiary/aromatic N) is 3. The van der Waals surface area contributed by atoms with Crippen molar-refractivity contribution in [1.82, 2.24) is 14.5 Å². The van der Waals surface area contributed by atoms with Crippen LogP contribution in [0.1, 0.15) is 13.8 Å². The van der Waals surface area contributed by atoms with Crippen molar-refractivity contribution in [3.05, 3.63) is 69.8 Å². The first-order valence-electron chi connectivity index (χ1n) is 9.75. The van der Waals surface area contributed by atoms with Crippen LogP contribution in [0, 0.1) is 11.6 Å². The van der Waals surface area contributed by atoms with Crippen molar-refractivity contribution in [3.8, 4) is 11.3 Å². The summed E-state index contributed by atoms with van der Waals surface area (Å²) in [6.45, 7) is 3.99. The quantitative estimate of drug-likeness (QED) is 0.318. The smallest absolute Gasteiger partial charge is 0.262 e. The molecule has 1 amide bonds. The van der Waals surface area contributed by atoms with E-state index >= 15 is 0 Å². The molecular weight excluding hydrogens is 454 g/mol. The zero-order valence-electron chi connectivity index (χ0n) is 17.1. The van der Waals surface area contributed by atoms with E-state index in [4.69, 9.17) is 0 Å². The molecule has 0 saturated carbocycles. The van der Waals surface area contributed by atoms with Crippen LogP contribution >= 0.6 is 23.1 Å². The summed E-state index contributed by atoms with van der Waals surface area (Å²) in [6, 6.07) is 10.6. The minimum absolute atomic E-state index is 0.149. The van der Waals surface area contributed by atoms with Crippen LogP contribution in [0.25, 0.3) is 22.2 Å². The lowest BCUT2D eigenvalue weighted by Gasteiger charge is -2.14. The van der Waals surface area contributed by atoms with Gasteiger partial charge in [-0.15, -0.1) is 11.3 Å². The number of halogens is 2. The SMILES string of the molecule is CCn1c(SC(C)C(=O)Nc2nc(-c3ccc(F)c(F)c3)cs2)nc2ccccc2c1=O. The van der Waals surface area contributed by atoms with Crippen molar-refractivity contribution >= 4 is 45.0 Å². The van der Waals surface area contributed by atoms with Gasteiger partial charge in [0.25, 0.3) is 5.56 Å². The Kier molecular flexibility index (Phi) is 6.33. The Morgan fingerprint density at radius 3 is 2.72 bits per heavy atom. The number of carbonyl (C=O) groups excluding carboxylic acids is 1. The van der Waals surface area contributed by atoms with Crippen LogP contribution in [0.5, 0.6) is 0 Å². The second-order valence-corrected chi connectivity index (χ2v) is 9.04. The summed E-state index contributed by atoms with van der Waals surface area (Å²) in [7, 11) is 0. The fourth-order valence-electron chi connectivity index (χ4n) is 3.05. The molecule has 0 aliphatic heterocycles. The number of benzene rings is 2. The molecule has 1 atom stereocenters. The number of para-hydroxylation sites is 1. The minimum atomic E-state index is -0.962. The Balaban J connectivity index is 1.51. The van der Waals surface area contributed by atoms with E-state index in [1.54, 1.807) is 35.1 Å². The molecule has 4 aromatic rings. The van der Waals surface area contributed by atoms with Crippen LogP contribution < -0.4 is 10.9 Å². The number of amides is 1. The van der Waals surface area contributed by atoms with E-state index in [9.17, 15) is 18.4 Å². The fraction of sp³-hybridized carbons (Fsp3) is 0.182. The van der Waals surface area contributed by atoms with Gasteiger partial charge in [0.15, 0.2) is 21.9 Å². The average molecular weight is 473 g/mol. The lowest BCUT2D eigenvalue weighted by atomic mass is 10.2. The molecule has 4 rings (SSSR count). The maximum atomic E-state index is 13.5. The summed E-state index contributed by atoms with van der Waals surface area (Å²) < 4.78 is 28.2. The second-order valence-electron chi connectivity index (χ2n) is 6.88. The normalized spacial score (nSPS) is 12.1. The molecule has 10 heteroatoms. The Labute approximate surface area is 190 Å². The maximum absolute atomic E-state index is 13.5. The molecule has 0 aliphatic carbocycles. The van der Waals surface area contributed by atoms with Crippen LogP contribution in [-0.2, 0) is 11.3 Å². The fourth-order valence-corrected chi connectivity index (χ4v) is 4.75. The predicted octanol–water partition coefficient (Wildman–Crippen LogP) is 4.94. The first-order valence-corrected chi connectivity index (χ1v) is 11.5. The van der Waals surface area contributed by atoms with E-state index < -0.39 is 16.9 Å². The molecule has 0 spiro atoms. The van der Waals surface area contributed by atoms with Gasteiger partial charge < -0.3 is 5.32 Å². The zero-order valence-corrected chi connectivity index (χ0v) is 18.8. The summed E-state index contributed by atoms with van der Waals surface area (Å²) in [6.07, 6.45) is 0. The molecule has 0 aliphatic rings. The number of rotatable bonds is 6. The number of anilines is 1. The third-order valence-electron chi connectivity index (χ3n) is 4.74. The van der Waals surface area contributed by atoms with Gasteiger partial charge in [0.05, 0.1) is 21.8 Å². The Bertz CT molecular complexity index is 1370. The summed E-state index contributed by atoms with van der Waals surface area (Å²) in [4.78, 5) is 34.3. The Morgan fingerprint density at radius 1 is 1.19 bits per heavy atom. The summed E-state index contributed by atoms with van der Waals surface area (Å²) in [5, 5.41) is 5.15. The number of carbonyl (C=O) groups is 1. The lowest BCUT2D eigenvalue weighted by Crippen LogP contribution is -2.26. The molecular formula is C22H18F2N4O2S2. The number of hydrogen-bond donors (Lipinski definition) is 1. The average Bonchev–Trinajstić information content (AvgIpc) is 3.24. The molecule has 6 nitrogen and oxygen atoms in total.